The van der Waals surface area contributed by atoms with Crippen molar-refractivity contribution in [1.82, 2.24) is 14.9 Å². The van der Waals surface area contributed by atoms with E-state index in [1.54, 1.807) is 16.4 Å². The van der Waals surface area contributed by atoms with Gasteiger partial charge in [-0.15, -0.1) is 0 Å². The molecular formula is C29H38ClFN4O3S. The van der Waals surface area contributed by atoms with Gasteiger partial charge in [0.25, 0.3) is 0 Å². The van der Waals surface area contributed by atoms with Gasteiger partial charge in [0, 0.05) is 42.0 Å². The third kappa shape index (κ3) is 6.09. The van der Waals surface area contributed by atoms with Crippen molar-refractivity contribution in [3.63, 3.8) is 0 Å². The highest BCUT2D eigenvalue weighted by Gasteiger charge is 2.43. The molecule has 0 aromatic heterocycles. The molecule has 1 unspecified atom stereocenters. The van der Waals surface area contributed by atoms with Gasteiger partial charge in [-0.05, 0) is 86.5 Å². The van der Waals surface area contributed by atoms with Gasteiger partial charge in [-0.25, -0.2) is 12.8 Å². The number of piperazine rings is 1. The fraction of sp³-hybridized carbons (Fsp3) is 0.552. The fourth-order valence-corrected chi connectivity index (χ4v) is 8.58. The van der Waals surface area contributed by atoms with Crippen molar-refractivity contribution in [3.8, 4) is 0 Å². The second kappa shape index (κ2) is 11.9. The molecule has 0 radical (unpaired) electrons. The number of benzene rings is 2. The molecule has 3 aliphatic rings. The van der Waals surface area contributed by atoms with Crippen LogP contribution in [0, 0.1) is 5.82 Å². The summed E-state index contributed by atoms with van der Waals surface area (Å²) in [7, 11) is -3.33. The monoisotopic (exact) mass is 576 g/mol. The number of hydrogen-bond donors (Lipinski definition) is 3. The third-order valence-corrected chi connectivity index (χ3v) is 11.1. The van der Waals surface area contributed by atoms with Gasteiger partial charge < -0.3 is 16.4 Å². The van der Waals surface area contributed by atoms with Gasteiger partial charge in [0.15, 0.2) is 5.78 Å². The molecule has 212 valence electrons. The minimum atomic E-state index is -3.33. The number of sulfonamides is 1. The van der Waals surface area contributed by atoms with Crippen molar-refractivity contribution in [1.29, 1.82) is 0 Å². The van der Waals surface area contributed by atoms with E-state index in [-0.39, 0.29) is 35.9 Å². The summed E-state index contributed by atoms with van der Waals surface area (Å²) < 4.78 is 42.5. The van der Waals surface area contributed by atoms with Gasteiger partial charge in [0.2, 0.25) is 10.0 Å². The van der Waals surface area contributed by atoms with Crippen molar-refractivity contribution in [2.75, 3.05) is 31.9 Å². The maximum absolute atomic E-state index is 15.1. The zero-order chi connectivity index (χ0) is 27.6. The normalized spacial score (nSPS) is 26.9. The molecule has 0 spiro atoms. The molecule has 5 rings (SSSR count). The first kappa shape index (κ1) is 28.6. The number of nitrogens with zero attached hydrogens (tertiary/aromatic N) is 1. The Labute approximate surface area is 235 Å². The Balaban J connectivity index is 1.34. The highest BCUT2D eigenvalue weighted by atomic mass is 35.5. The van der Waals surface area contributed by atoms with Crippen molar-refractivity contribution in [2.24, 2.45) is 5.73 Å². The van der Waals surface area contributed by atoms with Gasteiger partial charge in [0.1, 0.15) is 5.82 Å². The molecule has 3 aliphatic heterocycles. The number of fused-ring (bicyclic) bond motifs is 2. The van der Waals surface area contributed by atoms with Gasteiger partial charge in [-0.1, -0.05) is 35.9 Å². The topological polar surface area (TPSA) is 105 Å². The first-order valence-electron chi connectivity index (χ1n) is 13.9. The number of carbonyl (C=O) groups excluding carboxylic acids is 1. The van der Waals surface area contributed by atoms with E-state index in [4.69, 9.17) is 17.3 Å². The molecule has 2 aromatic carbocycles. The average Bonchev–Trinajstić information content (AvgIpc) is 3.04. The van der Waals surface area contributed by atoms with E-state index in [9.17, 15) is 13.2 Å². The molecule has 3 heterocycles. The zero-order valence-corrected chi connectivity index (χ0v) is 23.7. The van der Waals surface area contributed by atoms with Gasteiger partial charge >= 0.3 is 0 Å². The molecule has 2 aromatic rings. The lowest BCUT2D eigenvalue weighted by molar-refractivity contribution is -0.121. The van der Waals surface area contributed by atoms with E-state index in [0.29, 0.717) is 48.5 Å². The first-order chi connectivity index (χ1) is 18.7. The van der Waals surface area contributed by atoms with E-state index in [0.717, 1.165) is 37.9 Å². The summed E-state index contributed by atoms with van der Waals surface area (Å²) >= 11 is 6.13. The number of carbonyl (C=O) groups is 1. The summed E-state index contributed by atoms with van der Waals surface area (Å²) in [6.45, 7) is 2.52. The highest BCUT2D eigenvalue weighted by Crippen LogP contribution is 2.37. The Bertz CT molecular complexity index is 1280. The Morgan fingerprint density at radius 3 is 2.67 bits per heavy atom. The summed E-state index contributed by atoms with van der Waals surface area (Å²) in [5, 5.41) is 7.45. The maximum Gasteiger partial charge on any atom is 0.214 e. The van der Waals surface area contributed by atoms with E-state index < -0.39 is 21.5 Å². The Hall–Kier alpha value is -1.88. The van der Waals surface area contributed by atoms with Gasteiger partial charge in [-0.2, -0.15) is 4.31 Å². The highest BCUT2D eigenvalue weighted by molar-refractivity contribution is 7.89. The number of hydrogen-bond acceptors (Lipinski definition) is 6. The van der Waals surface area contributed by atoms with Crippen LogP contribution in [-0.4, -0.2) is 68.6 Å². The first-order valence-corrected chi connectivity index (χ1v) is 15.9. The number of nitrogens with one attached hydrogen (secondary N) is 2. The number of Topliss-reactive ketones (excluding diaryl/α,β-unsaturated/α-hetero) is 1. The summed E-state index contributed by atoms with van der Waals surface area (Å²) in [4.78, 5) is 13.7. The van der Waals surface area contributed by atoms with Crippen molar-refractivity contribution in [3.05, 3.63) is 70.0 Å². The molecule has 0 amide bonds. The number of nitrogens with two attached hydrogens (primary N) is 1. The Kier molecular flexibility index (Phi) is 8.76. The van der Waals surface area contributed by atoms with Crippen molar-refractivity contribution >= 4 is 27.4 Å². The number of halogens is 2. The van der Waals surface area contributed by atoms with Crippen molar-refractivity contribution < 1.29 is 17.6 Å². The molecule has 3 saturated heterocycles. The van der Waals surface area contributed by atoms with E-state index in [2.05, 4.69) is 10.6 Å². The van der Waals surface area contributed by atoms with Crippen LogP contribution in [0.2, 0.25) is 5.02 Å². The predicted molar refractivity (Wildman–Crippen MR) is 152 cm³/mol. The lowest BCUT2D eigenvalue weighted by atomic mass is 9.66. The third-order valence-electron chi connectivity index (χ3n) is 8.93. The molecule has 0 saturated carbocycles. The lowest BCUT2D eigenvalue weighted by Gasteiger charge is -2.42. The number of ketones is 1. The van der Waals surface area contributed by atoms with Crippen LogP contribution < -0.4 is 16.4 Å². The van der Waals surface area contributed by atoms with Crippen LogP contribution in [0.1, 0.15) is 48.8 Å². The van der Waals surface area contributed by atoms with E-state index in [1.165, 1.54) is 6.07 Å². The Morgan fingerprint density at radius 1 is 1.18 bits per heavy atom. The van der Waals surface area contributed by atoms with Crippen molar-refractivity contribution in [2.45, 2.75) is 68.5 Å². The molecule has 0 aliphatic carbocycles. The van der Waals surface area contributed by atoms with Crippen LogP contribution in [0.3, 0.4) is 0 Å². The van der Waals surface area contributed by atoms with Crippen LogP contribution in [0.25, 0.3) is 0 Å². The Morgan fingerprint density at radius 2 is 1.92 bits per heavy atom. The van der Waals surface area contributed by atoms with Crippen LogP contribution >= 0.6 is 11.6 Å². The maximum atomic E-state index is 15.1. The molecule has 39 heavy (non-hydrogen) atoms. The minimum Gasteiger partial charge on any atom is -0.321 e. The van der Waals surface area contributed by atoms with Crippen LogP contribution in [0.4, 0.5) is 4.39 Å². The quantitative estimate of drug-likeness (QED) is 0.446. The molecular weight excluding hydrogens is 539 g/mol. The molecule has 4 N–H and O–H groups in total. The van der Waals surface area contributed by atoms with Crippen LogP contribution in [-0.2, 0) is 33.1 Å². The molecule has 10 heteroatoms. The van der Waals surface area contributed by atoms with Gasteiger partial charge in [-0.3, -0.25) is 4.79 Å². The minimum absolute atomic E-state index is 0.0318. The van der Waals surface area contributed by atoms with E-state index >= 15 is 4.39 Å². The molecule has 7 nitrogen and oxygen atoms in total. The largest absolute Gasteiger partial charge is 0.321 e. The molecule has 3 fully saturated rings. The summed E-state index contributed by atoms with van der Waals surface area (Å²) in [5.74, 6) is -0.344. The average molecular weight is 577 g/mol. The standard InChI is InChI=1S/C29H38ClFN4O3S/c30-22-8-6-21(7-9-22)29(12-14-33-15-13-29)28(32)27(36)17-20-3-1-5-26(31)25(20)11-10-24-18-34-23-4-2-16-39(37,38)35(24)19-23/h1,3,5-9,23-24,28,33-34H,2,4,10-19,32H2/t23-,24+,28-/m1/s1. The SMILES string of the molecule is N[C@H](C(=O)Cc1cccc(F)c1CC[C@H]1CN[C@@H]2CCCS(=O)(=O)N1C2)C1(c2ccc(Cl)cc2)CCNCC1. The lowest BCUT2D eigenvalue weighted by Crippen LogP contribution is -2.57. The summed E-state index contributed by atoms with van der Waals surface area (Å²) in [5.41, 5.74) is 8.30. The van der Waals surface area contributed by atoms with Crippen LogP contribution in [0.5, 0.6) is 0 Å². The molecule has 4 atom stereocenters. The summed E-state index contributed by atoms with van der Waals surface area (Å²) in [6, 6.07) is 11.6. The second-order valence-corrected chi connectivity index (χ2v) is 13.7. The summed E-state index contributed by atoms with van der Waals surface area (Å²) in [6.07, 6.45) is 3.79. The number of piperidine rings is 1. The second-order valence-electron chi connectivity index (χ2n) is 11.2. The van der Waals surface area contributed by atoms with Gasteiger partial charge in [0.05, 0.1) is 11.8 Å². The smallest absolute Gasteiger partial charge is 0.214 e. The predicted octanol–water partition coefficient (Wildman–Crippen LogP) is 2.94. The molecule has 2 bridgehead atoms. The van der Waals surface area contributed by atoms with E-state index in [1.807, 2.05) is 24.3 Å². The zero-order valence-electron chi connectivity index (χ0n) is 22.2. The number of rotatable bonds is 8. The fourth-order valence-electron chi connectivity index (χ4n) is 6.64. The van der Waals surface area contributed by atoms with Crippen LogP contribution in [0.15, 0.2) is 42.5 Å².